The second-order valence-corrected chi connectivity index (χ2v) is 6.97. The average Bonchev–Trinajstić information content (AvgIpc) is 3.03. The molecule has 1 saturated heterocycles. The van der Waals surface area contributed by atoms with Gasteiger partial charge in [-0.05, 0) is 25.7 Å². The Hall–Kier alpha value is -1.02. The molecule has 2 unspecified atom stereocenters. The predicted octanol–water partition coefficient (Wildman–Crippen LogP) is 1.47. The number of hydrogen-bond acceptors (Lipinski definition) is 6. The van der Waals surface area contributed by atoms with Gasteiger partial charge in [0.1, 0.15) is 10.7 Å². The van der Waals surface area contributed by atoms with Gasteiger partial charge in [-0.25, -0.2) is 4.98 Å². The number of hydrogen-bond donors (Lipinski definition) is 2. The van der Waals surface area contributed by atoms with Gasteiger partial charge >= 0.3 is 0 Å². The van der Waals surface area contributed by atoms with Crippen molar-refractivity contribution in [2.45, 2.75) is 39.3 Å². The van der Waals surface area contributed by atoms with Gasteiger partial charge in [0, 0.05) is 50.8 Å². The van der Waals surface area contributed by atoms with Crippen molar-refractivity contribution in [3.63, 3.8) is 0 Å². The van der Waals surface area contributed by atoms with Crippen LogP contribution in [0.15, 0.2) is 5.38 Å². The Kier molecular flexibility index (Phi) is 7.42. The lowest BCUT2D eigenvalue weighted by atomic mass is 9.93. The highest BCUT2D eigenvalue weighted by Crippen LogP contribution is 2.18. The first-order valence-corrected chi connectivity index (χ1v) is 9.27. The highest BCUT2D eigenvalue weighted by molar-refractivity contribution is 7.09. The summed E-state index contributed by atoms with van der Waals surface area (Å²) in [5.74, 6) is 0.356. The Labute approximate surface area is 142 Å². The van der Waals surface area contributed by atoms with E-state index in [0.29, 0.717) is 18.2 Å². The largest absolute Gasteiger partial charge is 0.382 e. The first-order chi connectivity index (χ1) is 11.1. The normalized spacial score (nSPS) is 22.2. The number of thiazole rings is 1. The maximum absolute atomic E-state index is 12.3. The maximum atomic E-state index is 12.3. The van der Waals surface area contributed by atoms with E-state index in [9.17, 15) is 4.79 Å². The molecule has 1 aromatic heterocycles. The Morgan fingerprint density at radius 3 is 3.09 bits per heavy atom. The Morgan fingerprint density at radius 1 is 1.61 bits per heavy atom. The highest BCUT2D eigenvalue weighted by atomic mass is 32.1. The Morgan fingerprint density at radius 2 is 2.43 bits per heavy atom. The van der Waals surface area contributed by atoms with Crippen LogP contribution in [0, 0.1) is 5.92 Å². The van der Waals surface area contributed by atoms with Gasteiger partial charge < -0.3 is 20.7 Å². The molecule has 1 fully saturated rings. The number of aromatic nitrogens is 1. The van der Waals surface area contributed by atoms with Crippen molar-refractivity contribution in [2.24, 2.45) is 11.7 Å². The van der Waals surface area contributed by atoms with Crippen LogP contribution in [0.5, 0.6) is 0 Å². The molecule has 2 atom stereocenters. The molecule has 0 spiro atoms. The van der Waals surface area contributed by atoms with Crippen molar-refractivity contribution in [3.8, 4) is 0 Å². The number of likely N-dealkylation sites (tertiary alicyclic amines) is 1. The van der Waals surface area contributed by atoms with Gasteiger partial charge in [-0.1, -0.05) is 6.92 Å². The third kappa shape index (κ3) is 5.53. The van der Waals surface area contributed by atoms with E-state index in [1.807, 2.05) is 6.92 Å². The van der Waals surface area contributed by atoms with Crippen LogP contribution in [0.1, 0.15) is 42.2 Å². The summed E-state index contributed by atoms with van der Waals surface area (Å²) in [6.45, 7) is 9.32. The van der Waals surface area contributed by atoms with Crippen LogP contribution in [0.4, 0.5) is 0 Å². The van der Waals surface area contributed by atoms with Crippen LogP contribution in [0.25, 0.3) is 0 Å². The fourth-order valence-corrected chi connectivity index (χ4v) is 3.59. The summed E-state index contributed by atoms with van der Waals surface area (Å²) in [5, 5.41) is 5.71. The minimum absolute atomic E-state index is 0.0809. The number of amides is 1. The first kappa shape index (κ1) is 18.3. The van der Waals surface area contributed by atoms with Crippen LogP contribution in [0.3, 0.4) is 0 Å². The minimum atomic E-state index is -0.0809. The molecule has 1 amide bonds. The van der Waals surface area contributed by atoms with E-state index in [1.54, 1.807) is 5.38 Å². The number of piperidine rings is 1. The number of ether oxygens (including phenoxy) is 1. The summed E-state index contributed by atoms with van der Waals surface area (Å²) in [4.78, 5) is 19.0. The molecule has 0 aromatic carbocycles. The smallest absolute Gasteiger partial charge is 0.270 e. The predicted molar refractivity (Wildman–Crippen MR) is 92.6 cm³/mol. The third-order valence-electron chi connectivity index (χ3n) is 4.23. The van der Waals surface area contributed by atoms with Gasteiger partial charge in [0.25, 0.3) is 5.91 Å². The minimum Gasteiger partial charge on any atom is -0.382 e. The summed E-state index contributed by atoms with van der Waals surface area (Å²) in [6.07, 6.45) is 2.05. The molecular formula is C16H28N4O2S. The lowest BCUT2D eigenvalue weighted by Crippen LogP contribution is -2.50. The number of nitrogens with two attached hydrogens (primary N) is 1. The third-order valence-corrected chi connectivity index (χ3v) is 5.10. The summed E-state index contributed by atoms with van der Waals surface area (Å²) in [5.41, 5.74) is 6.03. The summed E-state index contributed by atoms with van der Waals surface area (Å²) in [6, 6.07) is 0.216. The summed E-state index contributed by atoms with van der Waals surface area (Å²) in [7, 11) is 0. The lowest BCUT2D eigenvalue weighted by Gasteiger charge is -2.37. The van der Waals surface area contributed by atoms with E-state index >= 15 is 0 Å². The van der Waals surface area contributed by atoms with E-state index in [4.69, 9.17) is 10.5 Å². The fraction of sp³-hybridized carbons (Fsp3) is 0.750. The first-order valence-electron chi connectivity index (χ1n) is 8.39. The van der Waals surface area contributed by atoms with Gasteiger partial charge in [-0.15, -0.1) is 11.3 Å². The molecule has 1 aliphatic rings. The molecule has 2 heterocycles. The highest BCUT2D eigenvalue weighted by Gasteiger charge is 2.27. The summed E-state index contributed by atoms with van der Waals surface area (Å²) >= 11 is 1.44. The second-order valence-electron chi connectivity index (χ2n) is 6.03. The number of nitrogens with one attached hydrogen (secondary N) is 1. The quantitative estimate of drug-likeness (QED) is 0.701. The zero-order valence-corrected chi connectivity index (χ0v) is 14.9. The van der Waals surface area contributed by atoms with E-state index in [2.05, 4.69) is 22.1 Å². The molecule has 130 valence electrons. The molecule has 23 heavy (non-hydrogen) atoms. The topological polar surface area (TPSA) is 80.5 Å². The maximum Gasteiger partial charge on any atom is 0.270 e. The molecule has 6 nitrogen and oxygen atoms in total. The van der Waals surface area contributed by atoms with Crippen LogP contribution >= 0.6 is 11.3 Å². The van der Waals surface area contributed by atoms with E-state index in [0.717, 1.165) is 50.7 Å². The van der Waals surface area contributed by atoms with Crippen LogP contribution in [-0.2, 0) is 11.3 Å². The van der Waals surface area contributed by atoms with E-state index < -0.39 is 0 Å². The molecule has 0 saturated carbocycles. The van der Waals surface area contributed by atoms with Crippen LogP contribution in [-0.4, -0.2) is 54.7 Å². The van der Waals surface area contributed by atoms with Crippen molar-refractivity contribution in [2.75, 3.05) is 32.8 Å². The zero-order chi connectivity index (χ0) is 16.7. The molecule has 1 aromatic rings. The Bertz CT molecular complexity index is 494. The second kappa shape index (κ2) is 9.32. The summed E-state index contributed by atoms with van der Waals surface area (Å²) < 4.78 is 5.39. The monoisotopic (exact) mass is 340 g/mol. The Balaban J connectivity index is 1.76. The van der Waals surface area contributed by atoms with Gasteiger partial charge in [0.05, 0.1) is 0 Å². The fourth-order valence-electron chi connectivity index (χ4n) is 2.94. The number of carbonyl (C=O) groups excluding carboxylic acids is 1. The number of nitrogens with zero attached hydrogens (tertiary/aromatic N) is 2. The molecule has 2 rings (SSSR count). The average molecular weight is 340 g/mol. The van der Waals surface area contributed by atoms with Crippen molar-refractivity contribution in [1.29, 1.82) is 0 Å². The van der Waals surface area contributed by atoms with Crippen LogP contribution in [0.2, 0.25) is 0 Å². The molecule has 0 bridgehead atoms. The molecule has 1 aliphatic heterocycles. The molecule has 3 N–H and O–H groups in total. The molecule has 0 radical (unpaired) electrons. The molecule has 7 heteroatoms. The van der Waals surface area contributed by atoms with E-state index in [1.165, 1.54) is 11.3 Å². The van der Waals surface area contributed by atoms with Crippen molar-refractivity contribution >= 4 is 17.2 Å². The number of rotatable bonds is 8. The van der Waals surface area contributed by atoms with Crippen molar-refractivity contribution in [3.05, 3.63) is 16.1 Å². The van der Waals surface area contributed by atoms with E-state index in [-0.39, 0.29) is 11.9 Å². The lowest BCUT2D eigenvalue weighted by molar-refractivity contribution is 0.0839. The zero-order valence-electron chi connectivity index (χ0n) is 14.1. The van der Waals surface area contributed by atoms with Crippen molar-refractivity contribution < 1.29 is 9.53 Å². The molecule has 0 aliphatic carbocycles. The van der Waals surface area contributed by atoms with Gasteiger partial charge in [-0.2, -0.15) is 0 Å². The van der Waals surface area contributed by atoms with Crippen molar-refractivity contribution in [1.82, 2.24) is 15.2 Å². The van der Waals surface area contributed by atoms with Gasteiger partial charge in [0.15, 0.2) is 0 Å². The number of carbonyl (C=O) groups is 1. The van der Waals surface area contributed by atoms with Gasteiger partial charge in [0.2, 0.25) is 0 Å². The molecular weight excluding hydrogens is 312 g/mol. The van der Waals surface area contributed by atoms with Crippen LogP contribution < -0.4 is 11.1 Å². The van der Waals surface area contributed by atoms with Gasteiger partial charge in [-0.3, -0.25) is 4.79 Å². The SMILES string of the molecule is CCOCCCN1CCC(NC(=O)c2csc(CN)n2)C(C)C1. The standard InChI is InChI=1S/C16H28N4O2S/c1-3-22-8-4-6-20-7-5-13(12(2)10-20)19-16(21)14-11-23-15(9-17)18-14/h11-13H,3-10,17H2,1-2H3,(H,19,21).